The van der Waals surface area contributed by atoms with Gasteiger partial charge in [0.05, 0.1) is 5.02 Å². The molecule has 36 heavy (non-hydrogen) atoms. The lowest BCUT2D eigenvalue weighted by molar-refractivity contribution is -0.125. The summed E-state index contributed by atoms with van der Waals surface area (Å²) < 4.78 is 41.9. The Morgan fingerprint density at radius 3 is 2.53 bits per heavy atom. The van der Waals surface area contributed by atoms with Gasteiger partial charge in [-0.3, -0.25) is 9.59 Å². The normalized spacial score (nSPS) is 22.7. The number of hydrogen-bond donors (Lipinski definition) is 3. The number of rotatable bonds is 5. The van der Waals surface area contributed by atoms with E-state index in [2.05, 4.69) is 25.2 Å². The number of benzene rings is 1. The SMILES string of the molecule is CN1C(C(=O)Nc2ccc(F)c(Cl)c2)CC(C(=O)NC2CCN(c3cc(Cl)ccn3)CC2)NS1(=O)=O. The summed E-state index contributed by atoms with van der Waals surface area (Å²) in [4.78, 5) is 32.2. The zero-order valence-electron chi connectivity index (χ0n) is 19.2. The first-order valence-electron chi connectivity index (χ1n) is 11.2. The maximum absolute atomic E-state index is 13.4. The molecule has 2 atom stereocenters. The second kappa shape index (κ2) is 10.9. The number of nitrogens with zero attached hydrogens (tertiary/aromatic N) is 3. The van der Waals surface area contributed by atoms with Crippen molar-refractivity contribution in [2.45, 2.75) is 37.4 Å². The van der Waals surface area contributed by atoms with Crippen LogP contribution in [0, 0.1) is 5.82 Å². The number of aromatic nitrogens is 1. The zero-order chi connectivity index (χ0) is 26.0. The van der Waals surface area contributed by atoms with E-state index in [0.29, 0.717) is 31.0 Å². The van der Waals surface area contributed by atoms with Crippen molar-refractivity contribution in [1.82, 2.24) is 19.3 Å². The van der Waals surface area contributed by atoms with Crippen molar-refractivity contribution in [2.24, 2.45) is 0 Å². The topological polar surface area (TPSA) is 124 Å². The van der Waals surface area contributed by atoms with Crippen LogP contribution in [-0.2, 0) is 19.8 Å². The third-order valence-electron chi connectivity index (χ3n) is 6.25. The van der Waals surface area contributed by atoms with Gasteiger partial charge < -0.3 is 15.5 Å². The predicted octanol–water partition coefficient (Wildman–Crippen LogP) is 2.16. The first-order chi connectivity index (χ1) is 17.0. The Kier molecular flexibility index (Phi) is 8.00. The molecule has 1 aromatic carbocycles. The molecule has 10 nitrogen and oxygen atoms in total. The monoisotopic (exact) mass is 558 g/mol. The van der Waals surface area contributed by atoms with Gasteiger partial charge >= 0.3 is 0 Å². The highest BCUT2D eigenvalue weighted by Crippen LogP contribution is 2.24. The maximum atomic E-state index is 13.4. The Morgan fingerprint density at radius 1 is 1.14 bits per heavy atom. The molecule has 194 valence electrons. The fourth-order valence-electron chi connectivity index (χ4n) is 4.20. The summed E-state index contributed by atoms with van der Waals surface area (Å²) >= 11 is 11.8. The van der Waals surface area contributed by atoms with Crippen molar-refractivity contribution >= 4 is 56.7 Å². The molecule has 2 aliphatic heterocycles. The van der Waals surface area contributed by atoms with Crippen LogP contribution in [0.4, 0.5) is 15.9 Å². The Hall–Kier alpha value is -2.51. The second-order valence-corrected chi connectivity index (χ2v) is 11.3. The molecule has 3 N–H and O–H groups in total. The lowest BCUT2D eigenvalue weighted by atomic mass is 10.0. The van der Waals surface area contributed by atoms with Crippen molar-refractivity contribution in [3.8, 4) is 0 Å². The number of amides is 2. The third-order valence-corrected chi connectivity index (χ3v) is 8.37. The summed E-state index contributed by atoms with van der Waals surface area (Å²) in [7, 11) is -2.85. The molecule has 2 saturated heterocycles. The number of pyridine rings is 1. The Balaban J connectivity index is 1.37. The van der Waals surface area contributed by atoms with E-state index in [0.717, 1.165) is 16.2 Å². The number of carbonyl (C=O) groups excluding carboxylic acids is 2. The van der Waals surface area contributed by atoms with Crippen molar-refractivity contribution in [3.63, 3.8) is 0 Å². The van der Waals surface area contributed by atoms with Crippen molar-refractivity contribution in [3.05, 3.63) is 52.4 Å². The molecule has 2 fully saturated rings. The van der Waals surface area contributed by atoms with Crippen LogP contribution in [0.25, 0.3) is 0 Å². The van der Waals surface area contributed by atoms with Crippen LogP contribution in [0.2, 0.25) is 10.0 Å². The first-order valence-corrected chi connectivity index (χ1v) is 13.4. The molecule has 0 spiro atoms. The van der Waals surface area contributed by atoms with Gasteiger partial charge in [0.15, 0.2) is 0 Å². The molecule has 1 aromatic heterocycles. The quantitative estimate of drug-likeness (QED) is 0.516. The van der Waals surface area contributed by atoms with Crippen LogP contribution in [0.3, 0.4) is 0 Å². The number of halogens is 3. The standard InChI is InChI=1S/C22H25Cl2FN6O4S/c1-30-19(22(33)28-15-2-3-17(25)16(24)11-15)12-18(29-36(30,34)35)21(32)27-14-5-8-31(9-6-14)20-10-13(23)4-7-26-20/h2-4,7,10-11,14,18-19,29H,5-6,8-9,12H2,1H3,(H,27,32)(H,28,33). The smallest absolute Gasteiger partial charge is 0.280 e. The molecule has 0 saturated carbocycles. The Bertz CT molecular complexity index is 1260. The summed E-state index contributed by atoms with van der Waals surface area (Å²) in [5, 5.41) is 5.84. The molecule has 0 aliphatic carbocycles. The van der Waals surface area contributed by atoms with Gasteiger partial charge in [-0.05, 0) is 49.6 Å². The first kappa shape index (κ1) is 26.6. The van der Waals surface area contributed by atoms with Crippen molar-refractivity contribution in [2.75, 3.05) is 30.4 Å². The van der Waals surface area contributed by atoms with Crippen LogP contribution in [0.15, 0.2) is 36.5 Å². The highest BCUT2D eigenvalue weighted by molar-refractivity contribution is 7.87. The van der Waals surface area contributed by atoms with Crippen LogP contribution in [0.1, 0.15) is 19.3 Å². The minimum absolute atomic E-state index is 0.0897. The minimum Gasteiger partial charge on any atom is -0.356 e. The summed E-state index contributed by atoms with van der Waals surface area (Å²) in [5.41, 5.74) is 0.206. The van der Waals surface area contributed by atoms with E-state index in [1.165, 1.54) is 19.2 Å². The van der Waals surface area contributed by atoms with Gasteiger partial charge in [0, 0.05) is 43.1 Å². The van der Waals surface area contributed by atoms with E-state index in [9.17, 15) is 22.4 Å². The highest BCUT2D eigenvalue weighted by Gasteiger charge is 2.43. The molecule has 2 aliphatic rings. The maximum Gasteiger partial charge on any atom is 0.280 e. The molecule has 2 unspecified atom stereocenters. The van der Waals surface area contributed by atoms with Gasteiger partial charge in [0.1, 0.15) is 23.7 Å². The predicted molar refractivity (Wildman–Crippen MR) is 135 cm³/mol. The number of anilines is 2. The van der Waals surface area contributed by atoms with Crippen LogP contribution < -0.4 is 20.3 Å². The fourth-order valence-corrected chi connectivity index (χ4v) is 5.78. The summed E-state index contributed by atoms with van der Waals surface area (Å²) in [5.74, 6) is -1.06. The number of hydrogen-bond acceptors (Lipinski definition) is 6. The average molecular weight is 559 g/mol. The van der Waals surface area contributed by atoms with Gasteiger partial charge in [0.2, 0.25) is 11.8 Å². The summed E-state index contributed by atoms with van der Waals surface area (Å²) in [6.07, 6.45) is 2.81. The molecular weight excluding hydrogens is 534 g/mol. The van der Waals surface area contributed by atoms with Gasteiger partial charge in [0.25, 0.3) is 10.2 Å². The highest BCUT2D eigenvalue weighted by atomic mass is 35.5. The fraction of sp³-hybridized carbons (Fsp3) is 0.409. The molecule has 2 aromatic rings. The number of carbonyl (C=O) groups is 2. The second-order valence-electron chi connectivity index (χ2n) is 8.66. The van der Waals surface area contributed by atoms with Gasteiger partial charge in [-0.15, -0.1) is 0 Å². The van der Waals surface area contributed by atoms with E-state index >= 15 is 0 Å². The van der Waals surface area contributed by atoms with Crippen molar-refractivity contribution in [1.29, 1.82) is 0 Å². The molecule has 2 amide bonds. The minimum atomic E-state index is -4.10. The number of nitrogens with one attached hydrogen (secondary N) is 3. The largest absolute Gasteiger partial charge is 0.356 e. The Morgan fingerprint density at radius 2 is 1.86 bits per heavy atom. The molecular formula is C22H25Cl2FN6O4S. The Labute approximate surface area is 218 Å². The van der Waals surface area contributed by atoms with Gasteiger partial charge in [-0.2, -0.15) is 17.4 Å². The summed E-state index contributed by atoms with van der Waals surface area (Å²) in [6.45, 7) is 1.28. The lowest BCUT2D eigenvalue weighted by Gasteiger charge is -2.37. The van der Waals surface area contributed by atoms with E-state index in [-0.39, 0.29) is 23.2 Å². The average Bonchev–Trinajstić information content (AvgIpc) is 2.83. The van der Waals surface area contributed by atoms with Crippen molar-refractivity contribution < 1.29 is 22.4 Å². The van der Waals surface area contributed by atoms with Crippen LogP contribution >= 0.6 is 23.2 Å². The van der Waals surface area contributed by atoms with Crippen LogP contribution in [-0.4, -0.2) is 67.8 Å². The van der Waals surface area contributed by atoms with E-state index < -0.39 is 39.9 Å². The molecule has 0 bridgehead atoms. The van der Waals surface area contributed by atoms with Gasteiger partial charge in [-0.25, -0.2) is 9.37 Å². The van der Waals surface area contributed by atoms with E-state index in [1.807, 2.05) is 0 Å². The number of likely N-dealkylation sites (N-methyl/N-ethyl adjacent to an activating group) is 1. The summed E-state index contributed by atoms with van der Waals surface area (Å²) in [6, 6.07) is 4.64. The molecule has 0 radical (unpaired) electrons. The van der Waals surface area contributed by atoms with E-state index in [1.54, 1.807) is 18.3 Å². The third kappa shape index (κ3) is 6.06. The van der Waals surface area contributed by atoms with E-state index in [4.69, 9.17) is 23.2 Å². The molecule has 4 rings (SSSR count). The van der Waals surface area contributed by atoms with Gasteiger partial charge in [-0.1, -0.05) is 23.2 Å². The number of piperidine rings is 1. The lowest BCUT2D eigenvalue weighted by Crippen LogP contribution is -2.63. The molecule has 14 heteroatoms. The van der Waals surface area contributed by atoms with Crippen LogP contribution in [0.5, 0.6) is 0 Å². The zero-order valence-corrected chi connectivity index (χ0v) is 21.6. The molecule has 3 heterocycles.